The molecule has 4 heterocycles. The molecule has 0 aliphatic carbocycles. The Kier molecular flexibility index (Phi) is 14.8. The summed E-state index contributed by atoms with van der Waals surface area (Å²) in [5.41, 5.74) is 3.13. The Morgan fingerprint density at radius 3 is 2.54 bits per heavy atom. The fourth-order valence-corrected chi connectivity index (χ4v) is 5.01. The molecule has 0 aromatic carbocycles. The Morgan fingerprint density at radius 2 is 1.92 bits per heavy atom. The summed E-state index contributed by atoms with van der Waals surface area (Å²) < 4.78 is 13.7. The number of ether oxygens (including phenoxy) is 2. The van der Waals surface area contributed by atoms with Crippen LogP contribution in [0.2, 0.25) is 0 Å². The van der Waals surface area contributed by atoms with Crippen molar-refractivity contribution < 1.29 is 18.8 Å². The Balaban J connectivity index is 0.000000815. The summed E-state index contributed by atoms with van der Waals surface area (Å²) in [7, 11) is 2.00. The minimum atomic E-state index is -0.499. The Bertz CT molecular complexity index is 917. The van der Waals surface area contributed by atoms with Gasteiger partial charge in [0.25, 0.3) is 0 Å². The van der Waals surface area contributed by atoms with Gasteiger partial charge in [-0.1, -0.05) is 69.9 Å². The number of carbonyl (C=O) groups excluding carboxylic acids is 1. The fraction of sp³-hybridized carbons (Fsp3) is 0.742. The summed E-state index contributed by atoms with van der Waals surface area (Å²) >= 11 is 0. The van der Waals surface area contributed by atoms with Gasteiger partial charge >= 0.3 is 5.96 Å². The SMILES string of the molecule is C=CCC.CC.CCC(C)CCCC(NC)C1=NC2=NC(C3CCOCC3)=C(CC3OC(C)CNC3=O)[N+]2=C1. The molecule has 0 bridgehead atoms. The van der Waals surface area contributed by atoms with Gasteiger partial charge in [-0.25, -0.2) is 0 Å². The number of nitrogens with zero attached hydrogens (tertiary/aromatic N) is 3. The lowest BCUT2D eigenvalue weighted by Gasteiger charge is -2.28. The van der Waals surface area contributed by atoms with Gasteiger partial charge < -0.3 is 20.1 Å². The molecule has 4 unspecified atom stereocenters. The van der Waals surface area contributed by atoms with Crippen LogP contribution < -0.4 is 10.6 Å². The van der Waals surface area contributed by atoms with E-state index in [-0.39, 0.29) is 18.1 Å². The van der Waals surface area contributed by atoms with E-state index in [1.165, 1.54) is 19.3 Å². The van der Waals surface area contributed by atoms with Crippen molar-refractivity contribution in [3.8, 4) is 0 Å². The van der Waals surface area contributed by atoms with Gasteiger partial charge in [0.2, 0.25) is 5.91 Å². The molecule has 0 aromatic rings. The molecule has 39 heavy (non-hydrogen) atoms. The van der Waals surface area contributed by atoms with Gasteiger partial charge in [-0.2, -0.15) is 4.58 Å². The highest BCUT2D eigenvalue weighted by atomic mass is 16.5. The number of hydrogen-bond donors (Lipinski definition) is 2. The van der Waals surface area contributed by atoms with E-state index in [2.05, 4.69) is 48.8 Å². The van der Waals surface area contributed by atoms with Crippen molar-refractivity contribution in [2.75, 3.05) is 26.8 Å². The quantitative estimate of drug-likeness (QED) is 0.275. The van der Waals surface area contributed by atoms with Gasteiger partial charge in [0.15, 0.2) is 11.4 Å². The van der Waals surface area contributed by atoms with E-state index in [0.717, 1.165) is 67.9 Å². The molecule has 220 valence electrons. The molecule has 4 aliphatic rings. The number of rotatable bonds is 11. The van der Waals surface area contributed by atoms with Crippen molar-refractivity contribution in [3.63, 3.8) is 0 Å². The van der Waals surface area contributed by atoms with Crippen molar-refractivity contribution >= 4 is 23.8 Å². The average Bonchev–Trinajstić information content (AvgIpc) is 3.53. The first-order valence-corrected chi connectivity index (χ1v) is 15.2. The molecular weight excluding hydrogens is 490 g/mol. The van der Waals surface area contributed by atoms with Crippen molar-refractivity contribution in [2.24, 2.45) is 21.8 Å². The number of carbonyl (C=O) groups is 1. The maximum absolute atomic E-state index is 12.5. The van der Waals surface area contributed by atoms with Crippen LogP contribution in [0.5, 0.6) is 0 Å². The molecule has 4 rings (SSSR count). The number of guanidine groups is 1. The highest BCUT2D eigenvalue weighted by Gasteiger charge is 2.43. The molecule has 0 aromatic heterocycles. The van der Waals surface area contributed by atoms with Crippen molar-refractivity contribution in [2.45, 2.75) is 111 Å². The number of nitrogens with one attached hydrogen (secondary N) is 2. The zero-order valence-corrected chi connectivity index (χ0v) is 25.6. The van der Waals surface area contributed by atoms with Gasteiger partial charge in [0.05, 0.1) is 12.1 Å². The second kappa shape index (κ2) is 17.5. The second-order valence-electron chi connectivity index (χ2n) is 10.5. The number of hydrogen-bond acceptors (Lipinski definition) is 6. The topological polar surface area (TPSA) is 87.3 Å². The molecule has 0 spiro atoms. The van der Waals surface area contributed by atoms with Crippen LogP contribution in [-0.4, -0.2) is 73.4 Å². The van der Waals surface area contributed by atoms with E-state index in [4.69, 9.17) is 19.5 Å². The lowest BCUT2D eigenvalue weighted by Crippen LogP contribution is -2.48. The lowest BCUT2D eigenvalue weighted by atomic mass is 9.94. The number of allylic oxidation sites excluding steroid dienone is 2. The smallest absolute Gasteiger partial charge is 0.381 e. The summed E-state index contributed by atoms with van der Waals surface area (Å²) in [6.45, 7) is 18.2. The Morgan fingerprint density at radius 1 is 1.23 bits per heavy atom. The summed E-state index contributed by atoms with van der Waals surface area (Å²) in [4.78, 5) is 22.4. The molecule has 8 nitrogen and oxygen atoms in total. The van der Waals surface area contributed by atoms with Crippen LogP contribution >= 0.6 is 0 Å². The van der Waals surface area contributed by atoms with Crippen molar-refractivity contribution in [1.82, 2.24) is 10.6 Å². The monoisotopic (exact) mass is 544 g/mol. The highest BCUT2D eigenvalue weighted by Crippen LogP contribution is 2.35. The molecule has 0 saturated carbocycles. The predicted octanol–water partition coefficient (Wildman–Crippen LogP) is 5.24. The summed E-state index contributed by atoms with van der Waals surface area (Å²) in [6, 6.07) is 0.199. The fourth-order valence-electron chi connectivity index (χ4n) is 5.01. The zero-order valence-electron chi connectivity index (χ0n) is 25.6. The van der Waals surface area contributed by atoms with E-state index in [1.54, 1.807) is 0 Å². The number of amides is 1. The van der Waals surface area contributed by atoms with Crippen LogP contribution in [0.25, 0.3) is 0 Å². The first-order chi connectivity index (χ1) is 18.9. The standard InChI is InChI=1S/C25H39N5O3.C4H8.C2H6/c1-5-16(2)7-6-8-19(26-4)20-15-30-21(13-22-24(31)27-14-17(3)33-22)23(29-25(30)28-20)18-9-11-32-12-10-18;1-3-4-2;1-2/h15-19,22,26H,5-14H2,1-4H3;3H,1,4H2,2H3;1-2H3/p+1. The molecule has 2 saturated heterocycles. The van der Waals surface area contributed by atoms with Crippen molar-refractivity contribution in [3.05, 3.63) is 24.0 Å². The third kappa shape index (κ3) is 9.47. The molecule has 1 amide bonds. The van der Waals surface area contributed by atoms with Crippen LogP contribution in [0.15, 0.2) is 34.0 Å². The van der Waals surface area contributed by atoms with Gasteiger partial charge in [-0.05, 0) is 45.6 Å². The molecule has 4 atom stereocenters. The molecule has 8 heteroatoms. The molecule has 4 aliphatic heterocycles. The molecular formula is C31H54N5O3+. The first kappa shape index (κ1) is 33.0. The van der Waals surface area contributed by atoms with Gasteiger partial charge in [0, 0.05) is 32.1 Å². The largest absolute Gasteiger partial charge is 0.438 e. The molecule has 2 fully saturated rings. The van der Waals surface area contributed by atoms with Crippen LogP contribution in [-0.2, 0) is 14.3 Å². The van der Waals surface area contributed by atoms with Gasteiger partial charge in [-0.3, -0.25) is 4.79 Å². The van der Waals surface area contributed by atoms with Crippen LogP contribution in [0.4, 0.5) is 0 Å². The van der Waals surface area contributed by atoms with E-state index in [9.17, 15) is 4.79 Å². The molecule has 0 radical (unpaired) electrons. The number of fused-ring (bicyclic) bond motifs is 1. The summed E-state index contributed by atoms with van der Waals surface area (Å²) in [5, 5.41) is 6.42. The normalized spacial score (nSPS) is 24.2. The number of morpholine rings is 1. The van der Waals surface area contributed by atoms with E-state index >= 15 is 0 Å². The highest BCUT2D eigenvalue weighted by molar-refractivity contribution is 6.36. The summed E-state index contributed by atoms with van der Waals surface area (Å²) in [5.74, 6) is 1.77. The predicted molar refractivity (Wildman–Crippen MR) is 162 cm³/mol. The van der Waals surface area contributed by atoms with Crippen molar-refractivity contribution in [1.29, 1.82) is 0 Å². The molecule has 2 N–H and O–H groups in total. The third-order valence-corrected chi connectivity index (χ3v) is 7.63. The zero-order chi connectivity index (χ0) is 28.8. The van der Waals surface area contributed by atoms with Gasteiger partial charge in [-0.15, -0.1) is 6.58 Å². The van der Waals surface area contributed by atoms with E-state index < -0.39 is 6.10 Å². The van der Waals surface area contributed by atoms with E-state index in [1.807, 2.05) is 33.9 Å². The van der Waals surface area contributed by atoms with Crippen LogP contribution in [0.1, 0.15) is 92.9 Å². The van der Waals surface area contributed by atoms with Gasteiger partial charge in [0.1, 0.15) is 18.0 Å². The average molecular weight is 545 g/mol. The Labute approximate surface area is 237 Å². The second-order valence-corrected chi connectivity index (χ2v) is 10.5. The van der Waals surface area contributed by atoms with Crippen LogP contribution in [0.3, 0.4) is 0 Å². The van der Waals surface area contributed by atoms with Crippen LogP contribution in [0, 0.1) is 11.8 Å². The summed E-state index contributed by atoms with van der Waals surface area (Å²) in [6.07, 6.45) is 11.7. The third-order valence-electron chi connectivity index (χ3n) is 7.63. The maximum atomic E-state index is 12.5. The van der Waals surface area contributed by atoms with E-state index in [0.29, 0.717) is 18.9 Å². The minimum absolute atomic E-state index is 0.00942. The minimum Gasteiger partial charge on any atom is -0.381 e. The first-order valence-electron chi connectivity index (χ1n) is 15.2. The Hall–Kier alpha value is -2.16. The maximum Gasteiger partial charge on any atom is 0.438 e. The number of aliphatic imine (C=N–C) groups is 2. The lowest BCUT2D eigenvalue weighted by molar-refractivity contribution is -0.343.